The van der Waals surface area contributed by atoms with Gasteiger partial charge in [0.05, 0.1) is 6.61 Å². The number of hydrogen-bond acceptors (Lipinski definition) is 2. The van der Waals surface area contributed by atoms with Crippen molar-refractivity contribution in [3.8, 4) is 5.75 Å². The molecule has 25 heavy (non-hydrogen) atoms. The number of para-hydroxylation sites is 1. The maximum Gasteiger partial charge on any atom is 0.270 e. The van der Waals surface area contributed by atoms with Crippen LogP contribution in [0.4, 0.5) is 0 Å². The van der Waals surface area contributed by atoms with Crippen molar-refractivity contribution in [2.75, 3.05) is 19.7 Å². The first-order valence-corrected chi connectivity index (χ1v) is 8.90. The summed E-state index contributed by atoms with van der Waals surface area (Å²) in [7, 11) is 0. The molecule has 1 atom stereocenters. The van der Waals surface area contributed by atoms with Gasteiger partial charge >= 0.3 is 0 Å². The number of likely N-dealkylation sites (tertiary alicyclic amines) is 1. The summed E-state index contributed by atoms with van der Waals surface area (Å²) in [4.78, 5) is 18.1. The average molecular weight is 332 g/mol. The Kier molecular flexibility index (Phi) is 3.30. The molecule has 1 aromatic heterocycles. The van der Waals surface area contributed by atoms with Crippen LogP contribution < -0.4 is 4.74 Å². The molecule has 3 heterocycles. The highest BCUT2D eigenvalue weighted by Crippen LogP contribution is 2.33. The third-order valence-corrected chi connectivity index (χ3v) is 5.42. The minimum absolute atomic E-state index is 0.100. The standard InChI is InChI=1S/C21H20N2O2/c24-21(19-12-15-3-1-2-4-18(15)22-19)23-9-7-17(13-23)14-5-6-20-16(11-14)8-10-25-20/h1-6,11-12,17,22H,7-10,13H2/t17-/m1/s1. The van der Waals surface area contributed by atoms with E-state index in [0.717, 1.165) is 49.2 Å². The smallest absolute Gasteiger partial charge is 0.270 e. The lowest BCUT2D eigenvalue weighted by Gasteiger charge is -2.16. The molecule has 2 aromatic carbocycles. The quantitative estimate of drug-likeness (QED) is 0.777. The van der Waals surface area contributed by atoms with Gasteiger partial charge in [0.25, 0.3) is 5.91 Å². The van der Waals surface area contributed by atoms with Crippen LogP contribution in [0.2, 0.25) is 0 Å². The molecule has 1 saturated heterocycles. The molecule has 0 radical (unpaired) electrons. The topological polar surface area (TPSA) is 45.3 Å². The van der Waals surface area contributed by atoms with E-state index in [-0.39, 0.29) is 5.91 Å². The van der Waals surface area contributed by atoms with Gasteiger partial charge in [0.1, 0.15) is 11.4 Å². The van der Waals surface area contributed by atoms with Crippen LogP contribution in [0.1, 0.15) is 34.0 Å². The number of nitrogens with one attached hydrogen (secondary N) is 1. The largest absolute Gasteiger partial charge is 0.493 e. The molecule has 1 N–H and O–H groups in total. The van der Waals surface area contributed by atoms with Gasteiger partial charge in [-0.15, -0.1) is 0 Å². The van der Waals surface area contributed by atoms with E-state index in [0.29, 0.717) is 11.6 Å². The molecule has 126 valence electrons. The number of rotatable bonds is 2. The second kappa shape index (κ2) is 5.66. The van der Waals surface area contributed by atoms with Gasteiger partial charge in [-0.25, -0.2) is 0 Å². The Balaban J connectivity index is 1.35. The summed E-state index contributed by atoms with van der Waals surface area (Å²) in [5.74, 6) is 1.54. The summed E-state index contributed by atoms with van der Waals surface area (Å²) in [6.07, 6.45) is 2.01. The van der Waals surface area contributed by atoms with E-state index in [4.69, 9.17) is 4.74 Å². The highest BCUT2D eigenvalue weighted by molar-refractivity contribution is 5.98. The molecule has 4 heteroatoms. The van der Waals surface area contributed by atoms with E-state index in [9.17, 15) is 4.79 Å². The maximum atomic E-state index is 12.9. The number of aromatic nitrogens is 1. The first-order valence-electron chi connectivity index (χ1n) is 8.90. The first kappa shape index (κ1) is 14.6. The number of ether oxygens (including phenoxy) is 1. The molecule has 0 spiro atoms. The van der Waals surface area contributed by atoms with Gasteiger partial charge in [-0.05, 0) is 35.7 Å². The van der Waals surface area contributed by atoms with Crippen molar-refractivity contribution in [2.24, 2.45) is 0 Å². The third kappa shape index (κ3) is 2.49. The van der Waals surface area contributed by atoms with Gasteiger partial charge < -0.3 is 14.6 Å². The van der Waals surface area contributed by atoms with Crippen molar-refractivity contribution in [2.45, 2.75) is 18.8 Å². The van der Waals surface area contributed by atoms with Crippen molar-refractivity contribution in [1.82, 2.24) is 9.88 Å². The van der Waals surface area contributed by atoms with Crippen LogP contribution in [-0.4, -0.2) is 35.5 Å². The van der Waals surface area contributed by atoms with Crippen molar-refractivity contribution in [1.29, 1.82) is 0 Å². The molecule has 1 fully saturated rings. The number of nitrogens with zero attached hydrogens (tertiary/aromatic N) is 1. The van der Waals surface area contributed by atoms with Gasteiger partial charge in [-0.2, -0.15) is 0 Å². The molecule has 2 aliphatic heterocycles. The lowest BCUT2D eigenvalue weighted by atomic mass is 9.96. The molecule has 5 rings (SSSR count). The molecule has 2 aliphatic rings. The van der Waals surface area contributed by atoms with Crippen LogP contribution in [0.3, 0.4) is 0 Å². The van der Waals surface area contributed by atoms with Crippen molar-refractivity contribution < 1.29 is 9.53 Å². The van der Waals surface area contributed by atoms with E-state index in [1.54, 1.807) is 0 Å². The number of benzene rings is 2. The minimum Gasteiger partial charge on any atom is -0.493 e. The zero-order valence-corrected chi connectivity index (χ0v) is 14.0. The van der Waals surface area contributed by atoms with Crippen LogP contribution in [0.25, 0.3) is 10.9 Å². The molecule has 4 nitrogen and oxygen atoms in total. The molecule has 0 bridgehead atoms. The Hall–Kier alpha value is -2.75. The van der Waals surface area contributed by atoms with Crippen LogP contribution in [0.5, 0.6) is 5.75 Å². The van der Waals surface area contributed by atoms with E-state index in [1.807, 2.05) is 35.2 Å². The highest BCUT2D eigenvalue weighted by atomic mass is 16.5. The van der Waals surface area contributed by atoms with E-state index in [2.05, 4.69) is 23.2 Å². The SMILES string of the molecule is O=C(c1cc2ccccc2[nH]1)N1CC[C@@H](c2ccc3c(c2)CCO3)C1. The highest BCUT2D eigenvalue weighted by Gasteiger charge is 2.29. The Bertz CT molecular complexity index is 926. The average Bonchev–Trinajstić information content (AvgIpc) is 3.38. The van der Waals surface area contributed by atoms with Gasteiger partial charge in [-0.1, -0.05) is 30.3 Å². The van der Waals surface area contributed by atoms with Crippen LogP contribution in [0, 0.1) is 0 Å². The predicted molar refractivity (Wildman–Crippen MR) is 97.2 cm³/mol. The van der Waals surface area contributed by atoms with Crippen molar-refractivity contribution >= 4 is 16.8 Å². The number of aromatic amines is 1. The minimum atomic E-state index is 0.100. The van der Waals surface area contributed by atoms with Crippen molar-refractivity contribution in [3.63, 3.8) is 0 Å². The molecule has 3 aromatic rings. The maximum absolute atomic E-state index is 12.9. The summed E-state index contributed by atoms with van der Waals surface area (Å²) in [6.45, 7) is 2.38. The van der Waals surface area contributed by atoms with Crippen molar-refractivity contribution in [3.05, 3.63) is 65.4 Å². The number of carbonyl (C=O) groups is 1. The second-order valence-corrected chi connectivity index (χ2v) is 6.97. The van der Waals surface area contributed by atoms with E-state index >= 15 is 0 Å². The number of fused-ring (bicyclic) bond motifs is 2. The monoisotopic (exact) mass is 332 g/mol. The Labute approximate surface area is 146 Å². The summed E-state index contributed by atoms with van der Waals surface area (Å²) < 4.78 is 5.59. The zero-order valence-electron chi connectivity index (χ0n) is 14.0. The summed E-state index contributed by atoms with van der Waals surface area (Å²) in [5.41, 5.74) is 4.33. The normalized spacial score (nSPS) is 19.2. The van der Waals surface area contributed by atoms with Crippen LogP contribution >= 0.6 is 0 Å². The number of H-pyrrole nitrogens is 1. The fourth-order valence-corrected chi connectivity index (χ4v) is 4.04. The zero-order chi connectivity index (χ0) is 16.8. The fraction of sp³-hybridized carbons (Fsp3) is 0.286. The number of carbonyl (C=O) groups excluding carboxylic acids is 1. The molecule has 0 aliphatic carbocycles. The second-order valence-electron chi connectivity index (χ2n) is 6.97. The molecular weight excluding hydrogens is 312 g/mol. The number of hydrogen-bond donors (Lipinski definition) is 1. The van der Waals surface area contributed by atoms with Crippen LogP contribution in [-0.2, 0) is 6.42 Å². The fourth-order valence-electron chi connectivity index (χ4n) is 4.04. The Morgan fingerprint density at radius 2 is 2.08 bits per heavy atom. The lowest BCUT2D eigenvalue weighted by Crippen LogP contribution is -2.28. The summed E-state index contributed by atoms with van der Waals surface area (Å²) in [5, 5.41) is 1.08. The molecular formula is C21H20N2O2. The van der Waals surface area contributed by atoms with E-state index in [1.165, 1.54) is 11.1 Å². The molecule has 0 unspecified atom stereocenters. The Morgan fingerprint density at radius 3 is 3.00 bits per heavy atom. The summed E-state index contributed by atoms with van der Waals surface area (Å²) in [6, 6.07) is 16.5. The third-order valence-electron chi connectivity index (χ3n) is 5.42. The predicted octanol–water partition coefficient (Wildman–Crippen LogP) is 3.73. The lowest BCUT2D eigenvalue weighted by molar-refractivity contribution is 0.0786. The number of amides is 1. The van der Waals surface area contributed by atoms with Gasteiger partial charge in [-0.3, -0.25) is 4.79 Å². The van der Waals surface area contributed by atoms with Gasteiger partial charge in [0.15, 0.2) is 0 Å². The van der Waals surface area contributed by atoms with E-state index < -0.39 is 0 Å². The first-order chi connectivity index (χ1) is 12.3. The summed E-state index contributed by atoms with van der Waals surface area (Å²) >= 11 is 0. The molecule has 1 amide bonds. The van der Waals surface area contributed by atoms with Gasteiger partial charge in [0.2, 0.25) is 0 Å². The van der Waals surface area contributed by atoms with Crippen LogP contribution in [0.15, 0.2) is 48.5 Å². The van der Waals surface area contributed by atoms with Gasteiger partial charge in [0, 0.05) is 36.3 Å². The molecule has 0 saturated carbocycles. The Morgan fingerprint density at radius 1 is 1.16 bits per heavy atom.